The lowest BCUT2D eigenvalue weighted by Crippen LogP contribution is -2.28. The number of ether oxygens (including phenoxy) is 2. The molecule has 0 amide bonds. The van der Waals surface area contributed by atoms with Crippen LogP contribution in [0, 0.1) is 0 Å². The molecule has 530 valence electrons. The van der Waals surface area contributed by atoms with Gasteiger partial charge < -0.3 is 14.6 Å². The summed E-state index contributed by atoms with van der Waals surface area (Å²) in [5, 5.41) is 9.72. The number of aliphatic hydroxyl groups excluding tert-OH is 1. The maximum Gasteiger partial charge on any atom is 0.306 e. The van der Waals surface area contributed by atoms with Crippen LogP contribution in [0.5, 0.6) is 0 Å². The molecule has 5 heteroatoms. The van der Waals surface area contributed by atoms with E-state index in [1.165, 1.54) is 154 Å². The van der Waals surface area contributed by atoms with Crippen LogP contribution in [0.15, 0.2) is 194 Å². The highest BCUT2D eigenvalue weighted by atomic mass is 16.6. The Labute approximate surface area is 581 Å². The van der Waals surface area contributed by atoms with Crippen molar-refractivity contribution >= 4 is 11.9 Å². The first-order valence-electron chi connectivity index (χ1n) is 39.0. The van der Waals surface area contributed by atoms with E-state index in [1.807, 2.05) is 0 Å². The molecule has 0 aliphatic heterocycles. The van der Waals surface area contributed by atoms with Crippen molar-refractivity contribution in [1.82, 2.24) is 0 Å². The third-order valence-corrected chi connectivity index (χ3v) is 16.4. The first-order chi connectivity index (χ1) is 46.6. The van der Waals surface area contributed by atoms with Gasteiger partial charge in [0.25, 0.3) is 0 Å². The Bertz CT molecular complexity index is 2110. The topological polar surface area (TPSA) is 72.8 Å². The summed E-state index contributed by atoms with van der Waals surface area (Å²) in [5.74, 6) is -0.620. The molecule has 0 aromatic rings. The summed E-state index contributed by atoms with van der Waals surface area (Å²) in [6.45, 7) is 3.91. The predicted molar refractivity (Wildman–Crippen MR) is 416 cm³/mol. The smallest absolute Gasteiger partial charge is 0.306 e. The van der Waals surface area contributed by atoms with Gasteiger partial charge in [-0.25, -0.2) is 0 Å². The molecule has 94 heavy (non-hydrogen) atoms. The van der Waals surface area contributed by atoms with Crippen LogP contribution in [0.25, 0.3) is 0 Å². The second-order valence-corrected chi connectivity index (χ2v) is 25.3. The van der Waals surface area contributed by atoms with Gasteiger partial charge in [-0.3, -0.25) is 9.59 Å². The van der Waals surface area contributed by atoms with E-state index in [0.29, 0.717) is 12.8 Å². The highest BCUT2D eigenvalue weighted by Gasteiger charge is 2.16. The van der Waals surface area contributed by atoms with Gasteiger partial charge in [0.1, 0.15) is 6.61 Å². The van der Waals surface area contributed by atoms with E-state index in [2.05, 4.69) is 208 Å². The summed E-state index contributed by atoms with van der Waals surface area (Å²) in [6.07, 6.45) is 129. The van der Waals surface area contributed by atoms with Gasteiger partial charge in [-0.15, -0.1) is 0 Å². The van der Waals surface area contributed by atoms with Gasteiger partial charge >= 0.3 is 11.9 Å². The molecule has 0 aromatic heterocycles. The molecule has 0 bridgehead atoms. The van der Waals surface area contributed by atoms with Crippen LogP contribution in [-0.4, -0.2) is 36.4 Å². The summed E-state index contributed by atoms with van der Waals surface area (Å²) in [4.78, 5) is 24.7. The molecule has 0 radical (unpaired) electrons. The molecule has 1 unspecified atom stereocenters. The van der Waals surface area contributed by atoms with Crippen molar-refractivity contribution < 1.29 is 24.2 Å². The van der Waals surface area contributed by atoms with Crippen LogP contribution in [0.1, 0.15) is 335 Å². The summed E-state index contributed by atoms with van der Waals surface area (Å²) in [7, 11) is 0. The van der Waals surface area contributed by atoms with Crippen molar-refractivity contribution in [1.29, 1.82) is 0 Å². The molecule has 0 aliphatic rings. The number of hydrogen-bond acceptors (Lipinski definition) is 5. The number of unbranched alkanes of at least 4 members (excludes halogenated alkanes) is 30. The van der Waals surface area contributed by atoms with Gasteiger partial charge in [0.15, 0.2) is 6.10 Å². The minimum absolute atomic E-state index is 0.0839. The normalized spacial score (nSPS) is 13.4. The van der Waals surface area contributed by atoms with Crippen molar-refractivity contribution in [3.8, 4) is 0 Å². The molecule has 0 aliphatic carbocycles. The predicted octanol–water partition coefficient (Wildman–Crippen LogP) is 27.9. The average Bonchev–Trinajstić information content (AvgIpc) is 3.77. The fourth-order valence-corrected chi connectivity index (χ4v) is 10.6. The van der Waals surface area contributed by atoms with E-state index in [1.54, 1.807) is 0 Å². The number of allylic oxidation sites excluding steroid dienone is 32. The Morgan fingerprint density at radius 1 is 0.245 bits per heavy atom. The molecule has 5 nitrogen and oxygen atoms in total. The molecule has 1 N–H and O–H groups in total. The maximum atomic E-state index is 12.4. The van der Waals surface area contributed by atoms with Crippen molar-refractivity contribution in [2.45, 2.75) is 341 Å². The lowest BCUT2D eigenvalue weighted by atomic mass is 10.0. The number of carbonyl (C=O) groups is 2. The fraction of sp³-hybridized carbons (Fsp3) is 0.618. The minimum atomic E-state index is -0.799. The third kappa shape index (κ3) is 79.2. The van der Waals surface area contributed by atoms with Gasteiger partial charge in [0, 0.05) is 12.8 Å². The molecular formula is C89H144O5. The monoisotopic (exact) mass is 1290 g/mol. The van der Waals surface area contributed by atoms with E-state index in [4.69, 9.17) is 9.47 Å². The Kier molecular flexibility index (Phi) is 77.4. The van der Waals surface area contributed by atoms with Gasteiger partial charge in [-0.05, 0) is 141 Å². The first-order valence-corrected chi connectivity index (χ1v) is 39.0. The van der Waals surface area contributed by atoms with Crippen molar-refractivity contribution in [2.24, 2.45) is 0 Å². The molecule has 0 saturated heterocycles. The number of hydrogen-bond donors (Lipinski definition) is 1. The average molecular weight is 1290 g/mol. The zero-order chi connectivity index (χ0) is 67.5. The van der Waals surface area contributed by atoms with Crippen LogP contribution in [-0.2, 0) is 19.1 Å². The van der Waals surface area contributed by atoms with Gasteiger partial charge in [0.2, 0.25) is 0 Å². The summed E-state index contributed by atoms with van der Waals surface area (Å²) >= 11 is 0. The Balaban J connectivity index is 3.55. The van der Waals surface area contributed by atoms with E-state index >= 15 is 0 Å². The minimum Gasteiger partial charge on any atom is -0.462 e. The molecule has 0 aromatic carbocycles. The molecule has 1 atom stereocenters. The van der Waals surface area contributed by atoms with E-state index in [0.717, 1.165) is 154 Å². The Morgan fingerprint density at radius 2 is 0.426 bits per heavy atom. The van der Waals surface area contributed by atoms with Crippen molar-refractivity contribution in [3.05, 3.63) is 194 Å². The van der Waals surface area contributed by atoms with Crippen LogP contribution in [0.2, 0.25) is 0 Å². The molecule has 0 heterocycles. The second kappa shape index (κ2) is 82.0. The number of aliphatic hydroxyl groups is 1. The van der Waals surface area contributed by atoms with E-state index in [9.17, 15) is 14.7 Å². The van der Waals surface area contributed by atoms with Crippen LogP contribution in [0.3, 0.4) is 0 Å². The molecule has 0 rings (SSSR count). The number of carbonyl (C=O) groups excluding carboxylic acids is 2. The Hall–Kier alpha value is -5.26. The standard InChI is InChI=1S/C89H144O5/c1-3-5-7-9-11-13-15-17-19-21-23-25-27-29-31-33-35-37-39-41-43-44-46-48-50-52-54-56-58-60-62-64-66-68-70-72-74-76-78-80-82-84-89(92)94-87(85-90)86-93-88(91)83-81-79-77-75-73-71-69-67-65-63-61-59-57-55-53-51-49-47-45-42-40-38-36-34-32-30-28-26-24-22-20-18-16-14-12-10-8-6-4-2/h5-8,11-14,17-20,23-26,29,31,35,37,41,43,46,48,52,54,58,60,64,66,70,72,87,90H,3-4,9-10,15-16,21-22,27-28,30,32-34,36,38-40,42,44-45,47,49-51,53,55-57,59,61-63,65,67-69,71,73-86H2,1-2H3/b7-5-,8-6-,13-11-,14-12-,19-17-,20-18-,25-23-,26-24-,31-29-,37-35-,43-41-,48-46-,54-52-,60-58-,66-64-,72-70-. The highest BCUT2D eigenvalue weighted by Crippen LogP contribution is 2.18. The van der Waals surface area contributed by atoms with Crippen molar-refractivity contribution in [2.75, 3.05) is 13.2 Å². The van der Waals surface area contributed by atoms with E-state index < -0.39 is 6.10 Å². The van der Waals surface area contributed by atoms with Gasteiger partial charge in [-0.2, -0.15) is 0 Å². The highest BCUT2D eigenvalue weighted by molar-refractivity contribution is 5.70. The first kappa shape index (κ1) is 88.7. The quantitative estimate of drug-likeness (QED) is 0.0373. The molecule has 0 saturated carbocycles. The Morgan fingerprint density at radius 3 is 0.638 bits per heavy atom. The summed E-state index contributed by atoms with van der Waals surface area (Å²) in [5.41, 5.74) is 0. The van der Waals surface area contributed by atoms with Crippen LogP contribution in [0.4, 0.5) is 0 Å². The van der Waals surface area contributed by atoms with Crippen LogP contribution < -0.4 is 0 Å². The number of rotatable bonds is 70. The number of esters is 2. The molecular weight excluding hydrogens is 1150 g/mol. The largest absolute Gasteiger partial charge is 0.462 e. The lowest BCUT2D eigenvalue weighted by molar-refractivity contribution is -0.161. The van der Waals surface area contributed by atoms with Gasteiger partial charge in [0.05, 0.1) is 6.61 Å². The lowest BCUT2D eigenvalue weighted by Gasteiger charge is -2.15. The zero-order valence-electron chi connectivity index (χ0n) is 60.9. The van der Waals surface area contributed by atoms with E-state index in [-0.39, 0.29) is 25.2 Å². The van der Waals surface area contributed by atoms with Gasteiger partial charge in [-0.1, -0.05) is 375 Å². The summed E-state index contributed by atoms with van der Waals surface area (Å²) < 4.78 is 10.8. The molecule has 0 fully saturated rings. The third-order valence-electron chi connectivity index (χ3n) is 16.4. The maximum absolute atomic E-state index is 12.4. The molecule has 0 spiro atoms. The summed E-state index contributed by atoms with van der Waals surface area (Å²) in [6, 6.07) is 0. The second-order valence-electron chi connectivity index (χ2n) is 25.3. The van der Waals surface area contributed by atoms with Crippen molar-refractivity contribution in [3.63, 3.8) is 0 Å². The zero-order valence-corrected chi connectivity index (χ0v) is 60.9. The fourth-order valence-electron chi connectivity index (χ4n) is 10.6. The van der Waals surface area contributed by atoms with Crippen LogP contribution >= 0.6 is 0 Å². The SMILES string of the molecule is CC/C=C\C/C=C\C/C=C\C/C=C\C/C=C\C/C=C\C/C=C\C/C=C\C/C=C\C/C=C\C/C=C\C/C=C\CCCCCCC(=O)OC(CO)COC(=O)CCCCCCCCCCCCCCCCCCCCCCCCCCCC/C=C\C/C=C\C/C=C\C/C=C\CC.